The van der Waals surface area contributed by atoms with Gasteiger partial charge >= 0.3 is 0 Å². The number of aryl methyl sites for hydroxylation is 6. The molecule has 0 aliphatic carbocycles. The predicted octanol–water partition coefficient (Wildman–Crippen LogP) is 5.91. The third-order valence-corrected chi connectivity index (χ3v) is 6.55. The Morgan fingerprint density at radius 2 is 0.966 bits per heavy atom. The zero-order valence-electron chi connectivity index (χ0n) is 19.1. The molecule has 0 radical (unpaired) electrons. The van der Waals surface area contributed by atoms with Crippen molar-refractivity contribution in [2.45, 2.75) is 78.8 Å². The molecule has 0 aromatic heterocycles. The number of rotatable bonds is 6. The minimum absolute atomic E-state index is 0.119. The summed E-state index contributed by atoms with van der Waals surface area (Å²) in [4.78, 5) is 0. The molecule has 2 aliphatic rings. The van der Waals surface area contributed by atoms with Gasteiger partial charge in [0.2, 0.25) is 0 Å². The van der Waals surface area contributed by atoms with Crippen LogP contribution in [0.2, 0.25) is 0 Å². The topological polar surface area (TPSA) is 34.3 Å². The summed E-state index contributed by atoms with van der Waals surface area (Å²) < 4.78 is 18.4. The predicted molar refractivity (Wildman–Crippen MR) is 117 cm³/mol. The summed E-state index contributed by atoms with van der Waals surface area (Å²) >= 11 is 0. The summed E-state index contributed by atoms with van der Waals surface area (Å²) in [7, 11) is 0. The Balaban J connectivity index is 1.37. The lowest BCUT2D eigenvalue weighted by Gasteiger charge is -2.14. The average molecular weight is 395 g/mol. The lowest BCUT2D eigenvalue weighted by Crippen LogP contribution is -2.23. The van der Waals surface area contributed by atoms with Crippen molar-refractivity contribution in [3.8, 4) is 0 Å². The zero-order valence-corrected chi connectivity index (χ0v) is 19.1. The van der Waals surface area contributed by atoms with Crippen molar-refractivity contribution < 1.29 is 14.2 Å². The van der Waals surface area contributed by atoms with E-state index in [9.17, 15) is 0 Å². The highest BCUT2D eigenvalue weighted by Crippen LogP contribution is 2.54. The van der Waals surface area contributed by atoms with E-state index in [1.54, 1.807) is 0 Å². The first-order valence-corrected chi connectivity index (χ1v) is 10.6. The summed E-state index contributed by atoms with van der Waals surface area (Å²) in [6.07, 6.45) is 0.238. The number of ether oxygens (including phenoxy) is 3. The average Bonchev–Trinajstić information content (AvgIpc) is 3.42. The summed E-state index contributed by atoms with van der Waals surface area (Å²) in [5.41, 5.74) is 9.96. The molecule has 4 unspecified atom stereocenters. The fourth-order valence-corrected chi connectivity index (χ4v) is 5.08. The van der Waals surface area contributed by atoms with Crippen LogP contribution in [0.5, 0.6) is 0 Å². The molecule has 3 nitrogen and oxygen atoms in total. The smallest absolute Gasteiger partial charge is 0.120 e. The summed E-state index contributed by atoms with van der Waals surface area (Å²) in [6, 6.07) is 8.95. The van der Waals surface area contributed by atoms with E-state index in [4.69, 9.17) is 14.2 Å². The van der Waals surface area contributed by atoms with Crippen molar-refractivity contribution in [2.75, 3.05) is 13.2 Å². The van der Waals surface area contributed by atoms with Crippen LogP contribution in [0.3, 0.4) is 0 Å². The standard InChI is InChI=1S/C26H34O3/c1-15-9-17(3)21(18(4)10-15)23-25(7,28-23)13-27-14-26(8)24(29-26)22-19(5)11-16(2)12-20(22)6/h9-12,23-24H,13-14H2,1-8H3. The first-order valence-electron chi connectivity index (χ1n) is 10.6. The fraction of sp³-hybridized carbons (Fsp3) is 0.538. The monoisotopic (exact) mass is 394 g/mol. The highest BCUT2D eigenvalue weighted by molar-refractivity contribution is 5.43. The maximum Gasteiger partial charge on any atom is 0.120 e. The molecule has 2 fully saturated rings. The normalized spacial score (nSPS) is 30.5. The van der Waals surface area contributed by atoms with Gasteiger partial charge in [-0.05, 0) is 88.8 Å². The van der Waals surface area contributed by atoms with Crippen LogP contribution in [-0.2, 0) is 14.2 Å². The van der Waals surface area contributed by atoms with Gasteiger partial charge in [0.15, 0.2) is 0 Å². The number of hydrogen-bond donors (Lipinski definition) is 0. The van der Waals surface area contributed by atoms with Gasteiger partial charge in [0.1, 0.15) is 23.4 Å². The molecule has 156 valence electrons. The van der Waals surface area contributed by atoms with E-state index in [1.165, 1.54) is 44.5 Å². The van der Waals surface area contributed by atoms with E-state index >= 15 is 0 Å². The highest BCUT2D eigenvalue weighted by Gasteiger charge is 2.57. The van der Waals surface area contributed by atoms with Crippen LogP contribution in [-0.4, -0.2) is 24.4 Å². The Labute approximate surface area is 175 Å². The largest absolute Gasteiger partial charge is 0.375 e. The lowest BCUT2D eigenvalue weighted by atomic mass is 9.92. The number of hydrogen-bond acceptors (Lipinski definition) is 3. The van der Waals surface area contributed by atoms with Crippen molar-refractivity contribution in [1.29, 1.82) is 0 Å². The van der Waals surface area contributed by atoms with E-state index in [0.717, 1.165) is 0 Å². The van der Waals surface area contributed by atoms with Crippen LogP contribution in [0.25, 0.3) is 0 Å². The first-order chi connectivity index (χ1) is 13.5. The second-order valence-electron chi connectivity index (χ2n) is 9.74. The molecule has 2 saturated heterocycles. The molecule has 0 N–H and O–H groups in total. The Morgan fingerprint density at radius 1 is 0.655 bits per heavy atom. The van der Waals surface area contributed by atoms with Crippen molar-refractivity contribution >= 4 is 0 Å². The van der Waals surface area contributed by atoms with Gasteiger partial charge in [-0.25, -0.2) is 0 Å². The van der Waals surface area contributed by atoms with Crippen LogP contribution in [0.4, 0.5) is 0 Å². The number of epoxide rings is 2. The van der Waals surface area contributed by atoms with Crippen molar-refractivity contribution in [3.63, 3.8) is 0 Å². The fourth-order valence-electron chi connectivity index (χ4n) is 5.08. The van der Waals surface area contributed by atoms with Crippen molar-refractivity contribution in [1.82, 2.24) is 0 Å². The second kappa shape index (κ2) is 6.94. The van der Waals surface area contributed by atoms with Gasteiger partial charge in [-0.2, -0.15) is 0 Å². The van der Waals surface area contributed by atoms with E-state index < -0.39 is 0 Å². The van der Waals surface area contributed by atoms with E-state index in [1.807, 2.05) is 0 Å². The molecule has 0 amide bonds. The van der Waals surface area contributed by atoms with Gasteiger partial charge in [0.05, 0.1) is 13.2 Å². The molecule has 2 aromatic carbocycles. The molecule has 3 heteroatoms. The Kier molecular flexibility index (Phi) is 4.92. The minimum atomic E-state index is -0.249. The Morgan fingerprint density at radius 3 is 1.28 bits per heavy atom. The zero-order chi connectivity index (χ0) is 21.1. The lowest BCUT2D eigenvalue weighted by molar-refractivity contribution is 0.0520. The van der Waals surface area contributed by atoms with Gasteiger partial charge in [0.25, 0.3) is 0 Å². The Bertz CT molecular complexity index is 839. The molecule has 0 spiro atoms. The third-order valence-electron chi connectivity index (χ3n) is 6.55. The van der Waals surface area contributed by atoms with E-state index in [2.05, 4.69) is 79.7 Å². The molecule has 4 rings (SSSR count). The third kappa shape index (κ3) is 3.76. The minimum Gasteiger partial charge on any atom is -0.375 e. The van der Waals surface area contributed by atoms with Gasteiger partial charge in [-0.3, -0.25) is 0 Å². The van der Waals surface area contributed by atoms with Crippen LogP contribution in [0.15, 0.2) is 24.3 Å². The van der Waals surface area contributed by atoms with Crippen LogP contribution in [0.1, 0.15) is 70.6 Å². The summed E-state index contributed by atoms with van der Waals surface area (Å²) in [5.74, 6) is 0. The summed E-state index contributed by atoms with van der Waals surface area (Å²) in [6.45, 7) is 18.5. The van der Waals surface area contributed by atoms with E-state index in [0.29, 0.717) is 13.2 Å². The molecule has 2 aromatic rings. The van der Waals surface area contributed by atoms with Crippen LogP contribution >= 0.6 is 0 Å². The van der Waals surface area contributed by atoms with Gasteiger partial charge in [0, 0.05) is 0 Å². The van der Waals surface area contributed by atoms with Crippen LogP contribution < -0.4 is 0 Å². The molecule has 0 bridgehead atoms. The second-order valence-corrected chi connectivity index (χ2v) is 9.74. The first kappa shape index (κ1) is 20.6. The SMILES string of the molecule is Cc1cc(C)c(C2OC2(C)COCC2(C)OC2c2c(C)cc(C)cc2C)c(C)c1. The van der Waals surface area contributed by atoms with Crippen LogP contribution in [0, 0.1) is 41.5 Å². The maximum atomic E-state index is 6.15. The summed E-state index contributed by atoms with van der Waals surface area (Å²) in [5, 5.41) is 0. The van der Waals surface area contributed by atoms with E-state index in [-0.39, 0.29) is 23.4 Å². The van der Waals surface area contributed by atoms with Crippen molar-refractivity contribution in [2.24, 2.45) is 0 Å². The van der Waals surface area contributed by atoms with Gasteiger partial charge in [-0.1, -0.05) is 35.4 Å². The molecule has 2 heterocycles. The molecule has 4 atom stereocenters. The molecule has 0 saturated carbocycles. The highest BCUT2D eigenvalue weighted by atomic mass is 16.7. The van der Waals surface area contributed by atoms with Crippen molar-refractivity contribution in [3.05, 3.63) is 68.8 Å². The molecular weight excluding hydrogens is 360 g/mol. The Hall–Kier alpha value is -1.68. The van der Waals surface area contributed by atoms with Gasteiger partial charge in [-0.15, -0.1) is 0 Å². The van der Waals surface area contributed by atoms with Gasteiger partial charge < -0.3 is 14.2 Å². The maximum absolute atomic E-state index is 6.15. The molecule has 2 aliphatic heterocycles. The molecular formula is C26H34O3. The quantitative estimate of drug-likeness (QED) is 0.571. The number of benzene rings is 2. The molecule has 29 heavy (non-hydrogen) atoms.